The van der Waals surface area contributed by atoms with E-state index in [0.29, 0.717) is 30.1 Å². The van der Waals surface area contributed by atoms with E-state index >= 15 is 0 Å². The van der Waals surface area contributed by atoms with Gasteiger partial charge in [-0.1, -0.05) is 31.9 Å². The summed E-state index contributed by atoms with van der Waals surface area (Å²) in [5, 5.41) is 30.7. The van der Waals surface area contributed by atoms with Crippen LogP contribution in [-0.2, 0) is 4.79 Å². The van der Waals surface area contributed by atoms with Gasteiger partial charge < -0.3 is 15.3 Å². The highest BCUT2D eigenvalue weighted by Gasteiger charge is 2.59. The summed E-state index contributed by atoms with van der Waals surface area (Å²) >= 11 is 0. The molecule has 4 aliphatic carbocycles. The van der Waals surface area contributed by atoms with Gasteiger partial charge in [-0.25, -0.2) is 0 Å². The highest BCUT2D eigenvalue weighted by molar-refractivity contribution is 5.66. The van der Waals surface area contributed by atoms with Crippen molar-refractivity contribution in [3.63, 3.8) is 0 Å². The number of carboxylic acid groups (broad SMARTS) is 1. The van der Waals surface area contributed by atoms with Crippen LogP contribution in [0.2, 0.25) is 0 Å². The highest BCUT2D eigenvalue weighted by Crippen LogP contribution is 2.65. The van der Waals surface area contributed by atoms with Crippen LogP contribution in [0.4, 0.5) is 0 Å². The smallest absolute Gasteiger partial charge is 0.303 e. The van der Waals surface area contributed by atoms with Gasteiger partial charge in [0.05, 0.1) is 12.2 Å². The Morgan fingerprint density at radius 2 is 1.93 bits per heavy atom. The van der Waals surface area contributed by atoms with E-state index in [1.807, 2.05) is 0 Å². The van der Waals surface area contributed by atoms with Crippen LogP contribution >= 0.6 is 0 Å². The van der Waals surface area contributed by atoms with E-state index in [2.05, 4.69) is 20.8 Å². The Labute approximate surface area is 169 Å². The third-order valence-corrected chi connectivity index (χ3v) is 9.65. The van der Waals surface area contributed by atoms with E-state index in [4.69, 9.17) is 5.11 Å². The van der Waals surface area contributed by atoms with E-state index < -0.39 is 5.97 Å². The minimum absolute atomic E-state index is 0.117. The van der Waals surface area contributed by atoms with Crippen LogP contribution in [0.1, 0.15) is 85.0 Å². The van der Waals surface area contributed by atoms with Crippen LogP contribution in [0, 0.1) is 34.5 Å². The lowest BCUT2D eigenvalue weighted by molar-refractivity contribution is -0.137. The van der Waals surface area contributed by atoms with Crippen LogP contribution in [0.15, 0.2) is 11.1 Å². The van der Waals surface area contributed by atoms with Crippen molar-refractivity contribution in [2.45, 2.75) is 97.2 Å². The number of fused-ring (bicyclic) bond motifs is 4. The number of hydrogen-bond donors (Lipinski definition) is 3. The van der Waals surface area contributed by atoms with Crippen molar-refractivity contribution in [3.8, 4) is 0 Å². The highest BCUT2D eigenvalue weighted by atomic mass is 16.4. The van der Waals surface area contributed by atoms with Crippen molar-refractivity contribution < 1.29 is 20.1 Å². The van der Waals surface area contributed by atoms with E-state index in [1.165, 1.54) is 12.0 Å². The molecule has 3 N–H and O–H groups in total. The van der Waals surface area contributed by atoms with Gasteiger partial charge in [-0.2, -0.15) is 0 Å². The molecular weight excluding hydrogens is 352 g/mol. The second kappa shape index (κ2) is 7.12. The molecule has 0 spiro atoms. The molecule has 4 aliphatic rings. The maximum Gasteiger partial charge on any atom is 0.303 e. The van der Waals surface area contributed by atoms with Crippen LogP contribution in [0.3, 0.4) is 0 Å². The van der Waals surface area contributed by atoms with Gasteiger partial charge in [0, 0.05) is 11.8 Å². The minimum atomic E-state index is -0.716. The fraction of sp³-hybridized carbons (Fsp3) is 0.875. The molecule has 0 aromatic heterocycles. The van der Waals surface area contributed by atoms with Crippen molar-refractivity contribution in [1.82, 2.24) is 0 Å². The second-order valence-corrected chi connectivity index (χ2v) is 10.8. The Balaban J connectivity index is 1.63. The van der Waals surface area contributed by atoms with Gasteiger partial charge >= 0.3 is 5.97 Å². The quantitative estimate of drug-likeness (QED) is 0.616. The first-order valence-electron chi connectivity index (χ1n) is 11.5. The first-order chi connectivity index (χ1) is 13.2. The summed E-state index contributed by atoms with van der Waals surface area (Å²) in [6, 6.07) is 0. The third kappa shape index (κ3) is 2.98. The largest absolute Gasteiger partial charge is 0.481 e. The van der Waals surface area contributed by atoms with Gasteiger partial charge in [0.25, 0.3) is 0 Å². The summed E-state index contributed by atoms with van der Waals surface area (Å²) in [6.07, 6.45) is 8.63. The number of aliphatic hydroxyl groups excluding tert-OH is 2. The maximum absolute atomic E-state index is 11.4. The number of rotatable bonds is 4. The molecule has 0 saturated heterocycles. The molecule has 0 radical (unpaired) electrons. The Kier molecular flexibility index (Phi) is 5.19. The van der Waals surface area contributed by atoms with Crippen LogP contribution in [0.25, 0.3) is 0 Å². The maximum atomic E-state index is 11.4. The van der Waals surface area contributed by atoms with Crippen molar-refractivity contribution >= 4 is 5.97 Å². The molecule has 2 fully saturated rings. The predicted molar refractivity (Wildman–Crippen MR) is 109 cm³/mol. The Morgan fingerprint density at radius 3 is 2.64 bits per heavy atom. The average Bonchev–Trinajstić information content (AvgIpc) is 3.00. The molecule has 158 valence electrons. The lowest BCUT2D eigenvalue weighted by atomic mass is 9.49. The fourth-order valence-corrected chi connectivity index (χ4v) is 7.93. The number of allylic oxidation sites excluding steroid dienone is 1. The lowest BCUT2D eigenvalue weighted by Crippen LogP contribution is -2.51. The second-order valence-electron chi connectivity index (χ2n) is 10.8. The van der Waals surface area contributed by atoms with E-state index in [9.17, 15) is 15.0 Å². The van der Waals surface area contributed by atoms with Gasteiger partial charge in [0.15, 0.2) is 0 Å². The van der Waals surface area contributed by atoms with Gasteiger partial charge in [-0.3, -0.25) is 4.79 Å². The van der Waals surface area contributed by atoms with Crippen LogP contribution < -0.4 is 0 Å². The monoisotopic (exact) mass is 390 g/mol. The molecule has 4 nitrogen and oxygen atoms in total. The average molecular weight is 391 g/mol. The summed E-state index contributed by atoms with van der Waals surface area (Å²) in [4.78, 5) is 11.1. The van der Waals surface area contributed by atoms with Gasteiger partial charge in [-0.05, 0) is 86.9 Å². The predicted octanol–water partition coefficient (Wildman–Crippen LogP) is 4.54. The molecule has 8 atom stereocenters. The standard InChI is InChI=1S/C24H38O4/c1-14(4-9-22(27)28)18-7-8-19-17-6-5-15-12-16(25)10-11-23(15,2)20(17)13-21(26)24(18,19)3/h14-16,18-19,21,25-26H,4-13H2,1-3H3,(H,27,28)/t14-,15-,16-,18-,19+,21+,23+,24-/m1/s1. The summed E-state index contributed by atoms with van der Waals surface area (Å²) in [7, 11) is 0. The Hall–Kier alpha value is -0.870. The number of carboxylic acids is 1. The number of hydrogen-bond acceptors (Lipinski definition) is 3. The van der Waals surface area contributed by atoms with Crippen LogP contribution in [0.5, 0.6) is 0 Å². The van der Waals surface area contributed by atoms with Gasteiger partial charge in [0.2, 0.25) is 0 Å². The molecule has 0 heterocycles. The first kappa shape index (κ1) is 20.4. The van der Waals surface area contributed by atoms with Crippen molar-refractivity contribution in [3.05, 3.63) is 11.1 Å². The summed E-state index contributed by atoms with van der Waals surface area (Å²) in [5.74, 6) is 1.03. The normalized spacial score (nSPS) is 46.5. The third-order valence-electron chi connectivity index (χ3n) is 9.65. The van der Waals surface area contributed by atoms with Gasteiger partial charge in [-0.15, -0.1) is 0 Å². The Morgan fingerprint density at radius 1 is 1.18 bits per heavy atom. The molecule has 4 heteroatoms. The number of aliphatic hydroxyl groups is 2. The summed E-state index contributed by atoms with van der Waals surface area (Å²) in [5.41, 5.74) is 3.20. The molecule has 0 bridgehead atoms. The molecule has 0 unspecified atom stereocenters. The van der Waals surface area contributed by atoms with Gasteiger partial charge in [0.1, 0.15) is 0 Å². The fourth-order valence-electron chi connectivity index (χ4n) is 7.93. The van der Waals surface area contributed by atoms with Crippen LogP contribution in [-0.4, -0.2) is 33.5 Å². The lowest BCUT2D eigenvalue weighted by Gasteiger charge is -2.56. The molecule has 28 heavy (non-hydrogen) atoms. The van der Waals surface area contributed by atoms with E-state index in [1.54, 1.807) is 5.57 Å². The zero-order valence-electron chi connectivity index (χ0n) is 17.8. The molecular formula is C24H38O4. The molecule has 0 aromatic carbocycles. The number of carbonyl (C=O) groups is 1. The summed E-state index contributed by atoms with van der Waals surface area (Å²) in [6.45, 7) is 6.88. The number of aliphatic carboxylic acids is 1. The zero-order valence-corrected chi connectivity index (χ0v) is 17.8. The molecule has 2 saturated carbocycles. The van der Waals surface area contributed by atoms with E-state index in [0.717, 1.165) is 44.9 Å². The molecule has 0 aliphatic heterocycles. The van der Waals surface area contributed by atoms with E-state index in [-0.39, 0.29) is 29.5 Å². The Bertz CT molecular complexity index is 670. The van der Waals surface area contributed by atoms with Crippen molar-refractivity contribution in [2.75, 3.05) is 0 Å². The molecule has 4 rings (SSSR count). The summed E-state index contributed by atoms with van der Waals surface area (Å²) < 4.78 is 0. The molecule has 0 aromatic rings. The first-order valence-corrected chi connectivity index (χ1v) is 11.5. The topological polar surface area (TPSA) is 77.8 Å². The zero-order chi connectivity index (χ0) is 20.3. The van der Waals surface area contributed by atoms with Crippen molar-refractivity contribution in [2.24, 2.45) is 34.5 Å². The molecule has 0 amide bonds. The minimum Gasteiger partial charge on any atom is -0.481 e. The SMILES string of the molecule is C[C@H](CCC(=O)O)[C@H]1CC[C@H]2C3=C(C[C@H](O)[C@]12C)[C@@]1(C)CC[C@@H](O)C[C@H]1CC3. The van der Waals surface area contributed by atoms with Crippen molar-refractivity contribution in [1.29, 1.82) is 0 Å².